The molecule has 5 aromatic rings. The Labute approximate surface area is 260 Å². The molecule has 1 aliphatic rings. The SMILES string of the molecule is CCOc1cc([C@H]2C(=C(O)c3ccc(C)c(F)c3)C(=O)C(=O)N2c2nnc(SCc3cccc4ccccc34)s2)ccc1O. The molecule has 0 bridgehead atoms. The number of carbonyl (C=O) groups is 2. The number of hydrogen-bond acceptors (Lipinski definition) is 9. The zero-order valence-electron chi connectivity index (χ0n) is 23.7. The van der Waals surface area contributed by atoms with Crippen LogP contribution in [0.5, 0.6) is 11.5 Å². The molecule has 1 saturated heterocycles. The molecule has 0 aliphatic carbocycles. The molecule has 11 heteroatoms. The van der Waals surface area contributed by atoms with Crippen LogP contribution in [0.15, 0.2) is 88.8 Å². The maximum Gasteiger partial charge on any atom is 0.301 e. The summed E-state index contributed by atoms with van der Waals surface area (Å²) >= 11 is 2.59. The molecule has 6 rings (SSSR count). The van der Waals surface area contributed by atoms with E-state index in [9.17, 15) is 24.2 Å². The first-order chi connectivity index (χ1) is 21.3. The van der Waals surface area contributed by atoms with Gasteiger partial charge in [0, 0.05) is 11.3 Å². The van der Waals surface area contributed by atoms with Gasteiger partial charge in [0.2, 0.25) is 5.13 Å². The molecule has 1 aromatic heterocycles. The third kappa shape index (κ3) is 5.40. The molecule has 1 fully saturated rings. The number of phenolic OH excluding ortho intramolecular Hbond substituents is 1. The topological polar surface area (TPSA) is 113 Å². The largest absolute Gasteiger partial charge is 0.507 e. The van der Waals surface area contributed by atoms with Crippen molar-refractivity contribution in [3.8, 4) is 11.5 Å². The molecule has 2 N–H and O–H groups in total. The van der Waals surface area contributed by atoms with Gasteiger partial charge in [-0.1, -0.05) is 83.8 Å². The van der Waals surface area contributed by atoms with Crippen molar-refractivity contribution in [2.24, 2.45) is 0 Å². The highest BCUT2D eigenvalue weighted by atomic mass is 32.2. The minimum atomic E-state index is -1.15. The van der Waals surface area contributed by atoms with Crippen molar-refractivity contribution in [3.05, 3.63) is 113 Å². The van der Waals surface area contributed by atoms with E-state index >= 15 is 0 Å². The first kappa shape index (κ1) is 29.3. The Hall–Kier alpha value is -4.74. The number of anilines is 1. The van der Waals surface area contributed by atoms with Crippen LogP contribution >= 0.6 is 23.1 Å². The Bertz CT molecular complexity index is 1950. The number of aromatic nitrogens is 2. The Balaban J connectivity index is 1.40. The molecule has 1 atom stereocenters. The van der Waals surface area contributed by atoms with Crippen molar-refractivity contribution < 1.29 is 28.9 Å². The average molecular weight is 628 g/mol. The normalized spacial score (nSPS) is 16.2. The number of fused-ring (bicyclic) bond motifs is 1. The van der Waals surface area contributed by atoms with Crippen molar-refractivity contribution in [1.82, 2.24) is 10.2 Å². The number of aromatic hydroxyl groups is 1. The Kier molecular flexibility index (Phi) is 8.07. The van der Waals surface area contributed by atoms with Crippen molar-refractivity contribution in [2.45, 2.75) is 30.0 Å². The molecule has 0 radical (unpaired) electrons. The van der Waals surface area contributed by atoms with Gasteiger partial charge < -0.3 is 14.9 Å². The number of ketones is 1. The number of rotatable bonds is 8. The van der Waals surface area contributed by atoms with Gasteiger partial charge in [-0.15, -0.1) is 10.2 Å². The van der Waals surface area contributed by atoms with Crippen molar-refractivity contribution in [1.29, 1.82) is 0 Å². The molecule has 4 aromatic carbocycles. The van der Waals surface area contributed by atoms with Crippen LogP contribution in [-0.4, -0.2) is 38.7 Å². The lowest BCUT2D eigenvalue weighted by molar-refractivity contribution is -0.132. The highest BCUT2D eigenvalue weighted by Gasteiger charge is 2.48. The maximum absolute atomic E-state index is 14.5. The summed E-state index contributed by atoms with van der Waals surface area (Å²) in [5.74, 6) is -2.36. The van der Waals surface area contributed by atoms with Crippen molar-refractivity contribution in [2.75, 3.05) is 11.5 Å². The number of benzene rings is 4. The van der Waals surface area contributed by atoms with Crippen LogP contribution in [0.2, 0.25) is 0 Å². The second-order valence-corrected chi connectivity index (χ2v) is 12.2. The molecule has 8 nitrogen and oxygen atoms in total. The number of ether oxygens (including phenoxy) is 1. The Morgan fingerprint density at radius 2 is 1.84 bits per heavy atom. The van der Waals surface area contributed by atoms with E-state index < -0.39 is 29.3 Å². The number of amides is 1. The van der Waals surface area contributed by atoms with E-state index in [1.807, 2.05) is 24.3 Å². The summed E-state index contributed by atoms with van der Waals surface area (Å²) in [5.41, 5.74) is 1.65. The molecule has 0 saturated carbocycles. The standard InChI is InChI=1S/C33H26FN3O5S2/c1-3-42-26-16-20(13-14-25(26)38)28-27(29(39)21-12-11-18(2)24(34)15-21)30(40)31(41)37(28)32-35-36-33(44-32)43-17-22-9-6-8-19-7-4-5-10-23(19)22/h4-16,28,38-39H,3,17H2,1-2H3/t28-/m0/s1. The smallest absolute Gasteiger partial charge is 0.301 e. The number of aliphatic hydroxyl groups is 1. The van der Waals surface area contributed by atoms with Crippen molar-refractivity contribution >= 4 is 56.5 Å². The molecule has 0 spiro atoms. The van der Waals surface area contributed by atoms with Crippen molar-refractivity contribution in [3.63, 3.8) is 0 Å². The Morgan fingerprint density at radius 1 is 1.05 bits per heavy atom. The van der Waals surface area contributed by atoms with Crippen LogP contribution in [0, 0.1) is 12.7 Å². The van der Waals surface area contributed by atoms with E-state index in [2.05, 4.69) is 28.4 Å². The summed E-state index contributed by atoms with van der Waals surface area (Å²) in [7, 11) is 0. The van der Waals surface area contributed by atoms with Gasteiger partial charge in [-0.25, -0.2) is 4.39 Å². The number of nitrogens with zero attached hydrogens (tertiary/aromatic N) is 3. The Morgan fingerprint density at radius 3 is 2.64 bits per heavy atom. The van der Waals surface area contributed by atoms with Crippen LogP contribution < -0.4 is 9.64 Å². The van der Waals surface area contributed by atoms with Gasteiger partial charge in [0.1, 0.15) is 11.6 Å². The van der Waals surface area contributed by atoms with E-state index in [4.69, 9.17) is 4.74 Å². The molecule has 2 heterocycles. The van der Waals surface area contributed by atoms with Gasteiger partial charge in [0.25, 0.3) is 5.78 Å². The third-order valence-electron chi connectivity index (χ3n) is 7.32. The van der Waals surface area contributed by atoms with Crippen LogP contribution in [0.4, 0.5) is 9.52 Å². The molecule has 44 heavy (non-hydrogen) atoms. The molecular formula is C33H26FN3O5S2. The number of hydrogen-bond donors (Lipinski definition) is 2. The summed E-state index contributed by atoms with van der Waals surface area (Å²) in [6.07, 6.45) is 0. The highest BCUT2D eigenvalue weighted by Crippen LogP contribution is 2.45. The highest BCUT2D eigenvalue weighted by molar-refractivity contribution is 8.00. The van der Waals surface area contributed by atoms with Gasteiger partial charge >= 0.3 is 5.91 Å². The summed E-state index contributed by atoms with van der Waals surface area (Å²) < 4.78 is 20.6. The molecule has 0 unspecified atom stereocenters. The fraction of sp³-hybridized carbons (Fsp3) is 0.152. The minimum absolute atomic E-state index is 0.0449. The van der Waals surface area contributed by atoms with Gasteiger partial charge in [-0.05, 0) is 59.5 Å². The molecule has 1 amide bonds. The number of thioether (sulfide) groups is 1. The van der Waals surface area contributed by atoms with E-state index in [0.29, 0.717) is 21.2 Å². The molecular weight excluding hydrogens is 602 g/mol. The summed E-state index contributed by atoms with van der Waals surface area (Å²) in [4.78, 5) is 28.3. The molecule has 222 valence electrons. The van der Waals surface area contributed by atoms with E-state index in [1.165, 1.54) is 47.0 Å². The zero-order valence-corrected chi connectivity index (χ0v) is 25.3. The lowest BCUT2D eigenvalue weighted by Gasteiger charge is -2.23. The van der Waals surface area contributed by atoms with Crippen LogP contribution in [0.1, 0.15) is 35.2 Å². The summed E-state index contributed by atoms with van der Waals surface area (Å²) in [5, 5.41) is 32.6. The van der Waals surface area contributed by atoms with Crippen LogP contribution in [0.3, 0.4) is 0 Å². The average Bonchev–Trinajstić information content (AvgIpc) is 3.60. The fourth-order valence-corrected chi connectivity index (χ4v) is 7.00. The second kappa shape index (κ2) is 12.1. The van der Waals surface area contributed by atoms with Crippen LogP contribution in [-0.2, 0) is 15.3 Å². The van der Waals surface area contributed by atoms with Gasteiger partial charge in [0.15, 0.2) is 15.8 Å². The van der Waals surface area contributed by atoms with Gasteiger partial charge in [-0.3, -0.25) is 14.5 Å². The lowest BCUT2D eigenvalue weighted by Crippen LogP contribution is -2.29. The maximum atomic E-state index is 14.5. The zero-order chi connectivity index (χ0) is 31.0. The second-order valence-electron chi connectivity index (χ2n) is 10.1. The van der Waals surface area contributed by atoms with E-state index in [0.717, 1.165) is 33.7 Å². The predicted octanol–water partition coefficient (Wildman–Crippen LogP) is 7.16. The number of aryl methyl sites for hydroxylation is 1. The predicted molar refractivity (Wildman–Crippen MR) is 169 cm³/mol. The summed E-state index contributed by atoms with van der Waals surface area (Å²) in [6.45, 7) is 3.59. The number of phenols is 1. The van der Waals surface area contributed by atoms with E-state index in [-0.39, 0.29) is 34.4 Å². The third-order valence-corrected chi connectivity index (χ3v) is 9.43. The first-order valence-corrected chi connectivity index (χ1v) is 15.5. The minimum Gasteiger partial charge on any atom is -0.507 e. The quantitative estimate of drug-likeness (QED) is 0.0613. The number of carbonyl (C=O) groups excluding carboxylic acids is 2. The summed E-state index contributed by atoms with van der Waals surface area (Å²) in [6, 6.07) is 21.5. The number of halogens is 1. The van der Waals surface area contributed by atoms with Gasteiger partial charge in [-0.2, -0.15) is 0 Å². The molecule has 1 aliphatic heterocycles. The number of Topliss-reactive ketones (excluding diaryl/α,β-unsaturated/α-hetero) is 1. The van der Waals surface area contributed by atoms with E-state index in [1.54, 1.807) is 13.8 Å². The van der Waals surface area contributed by atoms with Gasteiger partial charge in [0.05, 0.1) is 18.2 Å². The lowest BCUT2D eigenvalue weighted by atomic mass is 9.95. The first-order valence-electron chi connectivity index (χ1n) is 13.7. The fourth-order valence-electron chi connectivity index (χ4n) is 5.13. The van der Waals surface area contributed by atoms with Crippen LogP contribution in [0.25, 0.3) is 16.5 Å². The monoisotopic (exact) mass is 627 g/mol. The number of aliphatic hydroxyl groups excluding tert-OH is 1.